The largest absolute Gasteiger partial charge is 0.391 e. The van der Waals surface area contributed by atoms with E-state index >= 15 is 0 Å². The SMILES string of the molecule is C[N+](C)(CI)CCO. The van der Waals surface area contributed by atoms with Crippen LogP contribution in [0.4, 0.5) is 0 Å². The lowest BCUT2D eigenvalue weighted by Crippen LogP contribution is -2.40. The van der Waals surface area contributed by atoms with Crippen LogP contribution in [0.1, 0.15) is 0 Å². The smallest absolute Gasteiger partial charge is 0.129 e. The van der Waals surface area contributed by atoms with Crippen molar-refractivity contribution in [3.05, 3.63) is 0 Å². The van der Waals surface area contributed by atoms with Gasteiger partial charge in [0.05, 0.1) is 20.7 Å². The molecule has 0 heterocycles. The van der Waals surface area contributed by atoms with Gasteiger partial charge in [-0.15, -0.1) is 0 Å². The second-order valence-corrected chi connectivity index (χ2v) is 3.18. The molecule has 0 aromatic rings. The van der Waals surface area contributed by atoms with Gasteiger partial charge in [-0.1, -0.05) is 0 Å². The van der Waals surface area contributed by atoms with E-state index in [0.29, 0.717) is 0 Å². The summed E-state index contributed by atoms with van der Waals surface area (Å²) < 4.78 is 1.95. The van der Waals surface area contributed by atoms with Gasteiger partial charge in [-0.05, 0) is 22.6 Å². The number of rotatable bonds is 3. The first-order chi connectivity index (χ1) is 3.62. The number of nitrogens with zero attached hydrogens (tertiary/aromatic N) is 1. The van der Waals surface area contributed by atoms with Gasteiger partial charge in [-0.3, -0.25) is 0 Å². The Morgan fingerprint density at radius 1 is 1.50 bits per heavy atom. The van der Waals surface area contributed by atoms with E-state index in [1.165, 1.54) is 0 Å². The van der Waals surface area contributed by atoms with E-state index in [2.05, 4.69) is 36.7 Å². The Hall–Kier alpha value is 0.650. The first-order valence-electron chi connectivity index (χ1n) is 2.61. The summed E-state index contributed by atoms with van der Waals surface area (Å²) >= 11 is 2.31. The topological polar surface area (TPSA) is 20.2 Å². The van der Waals surface area contributed by atoms with Gasteiger partial charge in [-0.2, -0.15) is 0 Å². The predicted octanol–water partition coefficient (Wildman–Crippen LogP) is 0.448. The quantitative estimate of drug-likeness (QED) is 0.323. The second-order valence-electron chi connectivity index (χ2n) is 2.50. The van der Waals surface area contributed by atoms with Gasteiger partial charge in [0.1, 0.15) is 11.1 Å². The molecule has 0 aliphatic heterocycles. The highest BCUT2D eigenvalue weighted by atomic mass is 127. The Labute approximate surface area is 64.2 Å². The number of likely N-dealkylation sites (N-methyl/N-ethyl adjacent to an activating group) is 1. The molecule has 8 heavy (non-hydrogen) atoms. The summed E-state index contributed by atoms with van der Waals surface area (Å²) in [6.07, 6.45) is 0. The zero-order valence-corrected chi connectivity index (χ0v) is 7.55. The van der Waals surface area contributed by atoms with E-state index < -0.39 is 0 Å². The molecule has 0 spiro atoms. The molecule has 0 bridgehead atoms. The van der Waals surface area contributed by atoms with Gasteiger partial charge in [0.2, 0.25) is 0 Å². The zero-order valence-electron chi connectivity index (χ0n) is 5.39. The van der Waals surface area contributed by atoms with Crippen LogP contribution in [0.2, 0.25) is 0 Å². The molecule has 0 saturated heterocycles. The molecule has 0 atom stereocenters. The van der Waals surface area contributed by atoms with Crippen molar-refractivity contribution >= 4 is 22.6 Å². The minimum atomic E-state index is 0.288. The van der Waals surface area contributed by atoms with Crippen LogP contribution < -0.4 is 0 Å². The lowest BCUT2D eigenvalue weighted by molar-refractivity contribution is -0.874. The van der Waals surface area contributed by atoms with Crippen LogP contribution in [0.25, 0.3) is 0 Å². The Balaban J connectivity index is 3.37. The van der Waals surface area contributed by atoms with E-state index in [1.54, 1.807) is 0 Å². The fraction of sp³-hybridized carbons (Fsp3) is 1.00. The van der Waals surface area contributed by atoms with E-state index in [-0.39, 0.29) is 6.61 Å². The van der Waals surface area contributed by atoms with Gasteiger partial charge >= 0.3 is 0 Å². The third-order valence-corrected chi connectivity index (χ3v) is 2.88. The first-order valence-corrected chi connectivity index (χ1v) is 4.14. The molecule has 0 saturated carbocycles. The molecule has 0 fully saturated rings. The minimum Gasteiger partial charge on any atom is -0.391 e. The maximum Gasteiger partial charge on any atom is 0.129 e. The maximum atomic E-state index is 8.51. The van der Waals surface area contributed by atoms with Crippen molar-refractivity contribution in [3.8, 4) is 0 Å². The molecule has 50 valence electrons. The first kappa shape index (κ1) is 8.65. The third kappa shape index (κ3) is 3.63. The number of halogens is 1. The number of alkyl halides is 1. The van der Waals surface area contributed by atoms with Crippen molar-refractivity contribution in [2.45, 2.75) is 0 Å². The zero-order chi connectivity index (χ0) is 6.62. The number of quaternary nitrogens is 1. The molecular weight excluding hydrogens is 217 g/mol. The van der Waals surface area contributed by atoms with Crippen molar-refractivity contribution in [1.82, 2.24) is 0 Å². The van der Waals surface area contributed by atoms with E-state index in [4.69, 9.17) is 5.11 Å². The summed E-state index contributed by atoms with van der Waals surface area (Å²) in [4.78, 5) is 0. The van der Waals surface area contributed by atoms with E-state index in [1.807, 2.05) is 0 Å². The molecule has 0 aromatic carbocycles. The van der Waals surface area contributed by atoms with Crippen LogP contribution in [0.3, 0.4) is 0 Å². The Bertz CT molecular complexity index is 65.4. The number of aliphatic hydroxyl groups is 1. The van der Waals surface area contributed by atoms with Crippen LogP contribution in [-0.4, -0.2) is 41.4 Å². The highest BCUT2D eigenvalue weighted by Gasteiger charge is 2.09. The molecular formula is C5H13INO+. The molecule has 3 heteroatoms. The molecule has 1 N–H and O–H groups in total. The standard InChI is InChI=1S/C5H13INO/c1-7(2,5-6)3-4-8/h8H,3-5H2,1-2H3/q+1. The monoisotopic (exact) mass is 230 g/mol. The molecule has 0 amide bonds. The summed E-state index contributed by atoms with van der Waals surface area (Å²) in [6, 6.07) is 0. The maximum absolute atomic E-state index is 8.51. The molecule has 0 aliphatic carbocycles. The Kier molecular flexibility index (Phi) is 3.93. The van der Waals surface area contributed by atoms with Crippen molar-refractivity contribution in [3.63, 3.8) is 0 Å². The number of aliphatic hydroxyl groups excluding tert-OH is 1. The third-order valence-electron chi connectivity index (χ3n) is 1.03. The van der Waals surface area contributed by atoms with Gasteiger partial charge in [0.15, 0.2) is 0 Å². The fourth-order valence-electron chi connectivity index (χ4n) is 0.330. The van der Waals surface area contributed by atoms with Crippen LogP contribution in [0.15, 0.2) is 0 Å². The van der Waals surface area contributed by atoms with Crippen LogP contribution in [-0.2, 0) is 0 Å². The van der Waals surface area contributed by atoms with E-state index in [9.17, 15) is 0 Å². The predicted molar refractivity (Wildman–Crippen MR) is 42.9 cm³/mol. The summed E-state index contributed by atoms with van der Waals surface area (Å²) in [5.74, 6) is 0. The molecule has 0 radical (unpaired) electrons. The van der Waals surface area contributed by atoms with Gasteiger partial charge in [0.25, 0.3) is 0 Å². The summed E-state index contributed by atoms with van der Waals surface area (Å²) in [7, 11) is 4.20. The lowest BCUT2D eigenvalue weighted by Gasteiger charge is -2.25. The second kappa shape index (κ2) is 3.63. The number of hydrogen-bond acceptors (Lipinski definition) is 1. The number of hydrogen-bond donors (Lipinski definition) is 1. The van der Waals surface area contributed by atoms with Crippen LogP contribution in [0, 0.1) is 0 Å². The minimum absolute atomic E-state index is 0.288. The lowest BCUT2D eigenvalue weighted by atomic mass is 10.5. The fourth-order valence-corrected chi connectivity index (χ4v) is 0.672. The van der Waals surface area contributed by atoms with Crippen molar-refractivity contribution in [1.29, 1.82) is 0 Å². The van der Waals surface area contributed by atoms with Crippen molar-refractivity contribution in [2.75, 3.05) is 31.8 Å². The highest BCUT2D eigenvalue weighted by Crippen LogP contribution is 1.99. The van der Waals surface area contributed by atoms with Crippen LogP contribution in [0.5, 0.6) is 0 Å². The van der Waals surface area contributed by atoms with Crippen LogP contribution >= 0.6 is 22.6 Å². The molecule has 2 nitrogen and oxygen atoms in total. The summed E-state index contributed by atoms with van der Waals surface area (Å²) in [5.41, 5.74) is 0. The van der Waals surface area contributed by atoms with Gasteiger partial charge in [0, 0.05) is 0 Å². The molecule has 0 aliphatic rings. The molecule has 0 rings (SSSR count). The van der Waals surface area contributed by atoms with Crippen molar-refractivity contribution in [2.24, 2.45) is 0 Å². The summed E-state index contributed by atoms with van der Waals surface area (Å²) in [6.45, 7) is 1.14. The normalized spacial score (nSPS) is 12.0. The van der Waals surface area contributed by atoms with Gasteiger partial charge in [-0.25, -0.2) is 0 Å². The van der Waals surface area contributed by atoms with Crippen molar-refractivity contribution < 1.29 is 9.59 Å². The highest BCUT2D eigenvalue weighted by molar-refractivity contribution is 14.1. The summed E-state index contributed by atoms with van der Waals surface area (Å²) in [5, 5.41) is 8.51. The van der Waals surface area contributed by atoms with Gasteiger partial charge < -0.3 is 9.59 Å². The Morgan fingerprint density at radius 3 is 2.12 bits per heavy atom. The Morgan fingerprint density at radius 2 is 2.00 bits per heavy atom. The average molecular weight is 230 g/mol. The molecule has 0 unspecified atom stereocenters. The van der Waals surface area contributed by atoms with E-state index in [0.717, 1.165) is 15.6 Å². The molecule has 0 aromatic heterocycles. The average Bonchev–Trinajstić information content (AvgIpc) is 1.67.